The van der Waals surface area contributed by atoms with Gasteiger partial charge in [0.25, 0.3) is 0 Å². The van der Waals surface area contributed by atoms with Crippen LogP contribution >= 0.6 is 12.4 Å². The van der Waals surface area contributed by atoms with Crippen molar-refractivity contribution in [1.82, 2.24) is 5.32 Å². The lowest BCUT2D eigenvalue weighted by atomic mass is 10.0. The number of carbonyl (C=O) groups is 1. The average Bonchev–Trinajstić information content (AvgIpc) is 2.85. The molecule has 1 aliphatic carbocycles. The van der Waals surface area contributed by atoms with E-state index < -0.39 is 0 Å². The lowest BCUT2D eigenvalue weighted by molar-refractivity contribution is -0.125. The molecular formula is C15H23ClN2O2. The van der Waals surface area contributed by atoms with Crippen LogP contribution in [0.3, 0.4) is 0 Å². The van der Waals surface area contributed by atoms with Crippen molar-refractivity contribution in [3.8, 4) is 5.75 Å². The minimum absolute atomic E-state index is 0. The highest BCUT2D eigenvalue weighted by atomic mass is 35.5. The van der Waals surface area contributed by atoms with Gasteiger partial charge < -0.3 is 15.8 Å². The quantitative estimate of drug-likeness (QED) is 0.897. The van der Waals surface area contributed by atoms with Crippen LogP contribution in [-0.2, 0) is 4.79 Å². The Labute approximate surface area is 126 Å². The van der Waals surface area contributed by atoms with Gasteiger partial charge >= 0.3 is 0 Å². The smallest absolute Gasteiger partial charge is 0.223 e. The number of ether oxygens (including phenoxy) is 1. The maximum atomic E-state index is 12.2. The first-order valence-electron chi connectivity index (χ1n) is 6.80. The first kappa shape index (κ1) is 16.8. The summed E-state index contributed by atoms with van der Waals surface area (Å²) in [6.07, 6.45) is 2.64. The minimum Gasteiger partial charge on any atom is -0.496 e. The number of benzene rings is 1. The number of hydrogen-bond donors (Lipinski definition) is 2. The van der Waals surface area contributed by atoms with Crippen LogP contribution in [0.25, 0.3) is 0 Å². The van der Waals surface area contributed by atoms with Gasteiger partial charge in [-0.2, -0.15) is 0 Å². The molecule has 1 aliphatic rings. The Morgan fingerprint density at radius 3 is 2.70 bits per heavy atom. The molecule has 3 N–H and O–H groups in total. The fourth-order valence-corrected chi connectivity index (χ4v) is 2.69. The van der Waals surface area contributed by atoms with Gasteiger partial charge in [-0.25, -0.2) is 0 Å². The molecule has 3 atom stereocenters. The van der Waals surface area contributed by atoms with Gasteiger partial charge in [0.05, 0.1) is 13.2 Å². The number of rotatable bonds is 4. The second kappa shape index (κ2) is 7.50. The van der Waals surface area contributed by atoms with E-state index in [1.807, 2.05) is 31.2 Å². The van der Waals surface area contributed by atoms with Crippen LogP contribution < -0.4 is 15.8 Å². The summed E-state index contributed by atoms with van der Waals surface area (Å²) < 4.78 is 5.32. The maximum Gasteiger partial charge on any atom is 0.223 e. The Balaban J connectivity index is 0.00000200. The predicted octanol–water partition coefficient (Wildman–Crippen LogP) is 2.42. The second-order valence-corrected chi connectivity index (χ2v) is 5.24. The number of hydrogen-bond acceptors (Lipinski definition) is 3. The molecule has 0 saturated heterocycles. The molecule has 0 radical (unpaired) electrons. The molecule has 112 valence electrons. The maximum absolute atomic E-state index is 12.2. The Hall–Kier alpha value is -1.26. The zero-order chi connectivity index (χ0) is 13.8. The average molecular weight is 299 g/mol. The van der Waals surface area contributed by atoms with E-state index >= 15 is 0 Å². The topological polar surface area (TPSA) is 64.3 Å². The lowest BCUT2D eigenvalue weighted by Gasteiger charge is -2.19. The molecule has 1 aromatic rings. The van der Waals surface area contributed by atoms with Crippen molar-refractivity contribution >= 4 is 18.3 Å². The molecule has 0 bridgehead atoms. The number of nitrogens with one attached hydrogen (secondary N) is 1. The zero-order valence-electron chi connectivity index (χ0n) is 12.0. The summed E-state index contributed by atoms with van der Waals surface area (Å²) in [7, 11) is 1.64. The van der Waals surface area contributed by atoms with Crippen LogP contribution in [0.1, 0.15) is 37.8 Å². The molecular weight excluding hydrogens is 276 g/mol. The minimum atomic E-state index is -0.0551. The van der Waals surface area contributed by atoms with Gasteiger partial charge in [0, 0.05) is 17.5 Å². The molecule has 0 heterocycles. The highest BCUT2D eigenvalue weighted by Crippen LogP contribution is 2.27. The molecule has 1 saturated carbocycles. The fraction of sp³-hybridized carbons (Fsp3) is 0.533. The molecule has 1 fully saturated rings. The number of para-hydroxylation sites is 1. The van der Waals surface area contributed by atoms with Crippen LogP contribution in [0, 0.1) is 5.92 Å². The van der Waals surface area contributed by atoms with E-state index in [0.717, 1.165) is 30.6 Å². The van der Waals surface area contributed by atoms with Crippen LogP contribution in [0.5, 0.6) is 5.75 Å². The van der Waals surface area contributed by atoms with Crippen LogP contribution in [0.15, 0.2) is 24.3 Å². The summed E-state index contributed by atoms with van der Waals surface area (Å²) in [5.41, 5.74) is 6.85. The van der Waals surface area contributed by atoms with Crippen molar-refractivity contribution in [2.45, 2.75) is 38.3 Å². The molecule has 20 heavy (non-hydrogen) atoms. The molecule has 5 heteroatoms. The van der Waals surface area contributed by atoms with Gasteiger partial charge in [-0.1, -0.05) is 18.2 Å². The SMILES string of the molecule is COc1ccccc1C(C)NC(=O)C1CCC(N)C1.Cl. The Bertz CT molecular complexity index is 453. The van der Waals surface area contributed by atoms with Crippen LogP contribution in [0.4, 0.5) is 0 Å². The molecule has 1 aromatic carbocycles. The third-order valence-electron chi connectivity index (χ3n) is 3.81. The van der Waals surface area contributed by atoms with Gasteiger partial charge in [0.1, 0.15) is 5.75 Å². The molecule has 4 nitrogen and oxygen atoms in total. The lowest BCUT2D eigenvalue weighted by Crippen LogP contribution is -2.32. The van der Waals surface area contributed by atoms with Gasteiger partial charge in [-0.05, 0) is 32.3 Å². The van der Waals surface area contributed by atoms with Gasteiger partial charge in [-0.3, -0.25) is 4.79 Å². The van der Waals surface area contributed by atoms with Crippen molar-refractivity contribution in [2.24, 2.45) is 11.7 Å². The van der Waals surface area contributed by atoms with Crippen LogP contribution in [-0.4, -0.2) is 19.1 Å². The Morgan fingerprint density at radius 1 is 1.40 bits per heavy atom. The molecule has 0 spiro atoms. The fourth-order valence-electron chi connectivity index (χ4n) is 2.69. The van der Waals surface area contributed by atoms with Crippen molar-refractivity contribution in [1.29, 1.82) is 0 Å². The first-order valence-corrected chi connectivity index (χ1v) is 6.80. The molecule has 1 amide bonds. The van der Waals surface area contributed by atoms with Crippen LogP contribution in [0.2, 0.25) is 0 Å². The molecule has 3 unspecified atom stereocenters. The summed E-state index contributed by atoms with van der Waals surface area (Å²) >= 11 is 0. The van der Waals surface area contributed by atoms with Gasteiger partial charge in [-0.15, -0.1) is 12.4 Å². The zero-order valence-corrected chi connectivity index (χ0v) is 12.8. The summed E-state index contributed by atoms with van der Waals surface area (Å²) in [6.45, 7) is 1.98. The van der Waals surface area contributed by atoms with Gasteiger partial charge in [0.15, 0.2) is 0 Å². The number of methoxy groups -OCH3 is 1. The number of nitrogens with two attached hydrogens (primary N) is 1. The first-order chi connectivity index (χ1) is 9.11. The third-order valence-corrected chi connectivity index (χ3v) is 3.81. The summed E-state index contributed by atoms with van der Waals surface area (Å²) in [6, 6.07) is 7.88. The van der Waals surface area contributed by atoms with E-state index in [1.165, 1.54) is 0 Å². The van der Waals surface area contributed by atoms with Gasteiger partial charge in [0.2, 0.25) is 5.91 Å². The number of amides is 1. The van der Waals surface area contributed by atoms with Crippen molar-refractivity contribution in [2.75, 3.05) is 7.11 Å². The number of halogens is 1. The predicted molar refractivity (Wildman–Crippen MR) is 82.1 cm³/mol. The van der Waals surface area contributed by atoms with E-state index in [2.05, 4.69) is 5.32 Å². The van der Waals surface area contributed by atoms with E-state index in [0.29, 0.717) is 0 Å². The third kappa shape index (κ3) is 3.87. The summed E-state index contributed by atoms with van der Waals surface area (Å²) in [4.78, 5) is 12.2. The standard InChI is InChI=1S/C15H22N2O2.ClH/c1-10(13-5-3-4-6-14(13)19-2)17-15(18)11-7-8-12(16)9-11;/h3-6,10-12H,7-9,16H2,1-2H3,(H,17,18);1H. The Kier molecular flexibility index (Phi) is 6.30. The molecule has 2 rings (SSSR count). The Morgan fingerprint density at radius 2 is 2.10 bits per heavy atom. The van der Waals surface area contributed by atoms with Crippen molar-refractivity contribution in [3.63, 3.8) is 0 Å². The summed E-state index contributed by atoms with van der Waals surface area (Å²) in [5.74, 6) is 0.969. The summed E-state index contributed by atoms with van der Waals surface area (Å²) in [5, 5.41) is 3.06. The van der Waals surface area contributed by atoms with E-state index in [-0.39, 0.29) is 36.3 Å². The van der Waals surface area contributed by atoms with Crippen molar-refractivity contribution in [3.05, 3.63) is 29.8 Å². The van der Waals surface area contributed by atoms with Crippen molar-refractivity contribution < 1.29 is 9.53 Å². The second-order valence-electron chi connectivity index (χ2n) is 5.24. The molecule has 0 aromatic heterocycles. The van der Waals surface area contributed by atoms with E-state index in [1.54, 1.807) is 7.11 Å². The largest absolute Gasteiger partial charge is 0.496 e. The number of carbonyl (C=O) groups excluding carboxylic acids is 1. The highest BCUT2D eigenvalue weighted by Gasteiger charge is 2.28. The normalized spacial score (nSPS) is 22.8. The van der Waals surface area contributed by atoms with E-state index in [9.17, 15) is 4.79 Å². The monoisotopic (exact) mass is 298 g/mol. The van der Waals surface area contributed by atoms with E-state index in [4.69, 9.17) is 10.5 Å². The molecule has 0 aliphatic heterocycles. The highest BCUT2D eigenvalue weighted by molar-refractivity contribution is 5.85.